The zero-order chi connectivity index (χ0) is 20.8. The number of benzene rings is 3. The third-order valence-corrected chi connectivity index (χ3v) is 5.63. The van der Waals surface area contributed by atoms with Crippen molar-refractivity contribution >= 4 is 23.2 Å². The molecule has 0 aliphatic carbocycles. The van der Waals surface area contributed by atoms with Crippen LogP contribution in [-0.2, 0) is 14.4 Å². The number of carbonyl (C=O) groups is 2. The molecule has 0 aromatic heterocycles. The first kappa shape index (κ1) is 18.5. The predicted octanol–water partition coefficient (Wildman–Crippen LogP) is 4.19. The number of hydrogen-bond donors (Lipinski definition) is 0. The van der Waals surface area contributed by atoms with Crippen LogP contribution in [0.4, 0.5) is 15.8 Å². The van der Waals surface area contributed by atoms with Crippen molar-refractivity contribution in [3.05, 3.63) is 95.8 Å². The fraction of sp³-hybridized carbons (Fsp3) is 0.167. The summed E-state index contributed by atoms with van der Waals surface area (Å²) in [5, 5.41) is 1.66. The molecule has 3 aromatic rings. The van der Waals surface area contributed by atoms with Gasteiger partial charge in [-0.05, 0) is 48.9 Å². The average molecular weight is 402 g/mol. The number of hydroxylamine groups is 1. The molecule has 3 atom stereocenters. The normalized spacial score (nSPS) is 23.2. The van der Waals surface area contributed by atoms with E-state index in [1.54, 1.807) is 5.06 Å². The lowest BCUT2D eigenvalue weighted by atomic mass is 9.90. The Labute approximate surface area is 173 Å². The van der Waals surface area contributed by atoms with Crippen molar-refractivity contribution in [3.8, 4) is 0 Å². The first-order valence-corrected chi connectivity index (χ1v) is 9.75. The Morgan fingerprint density at radius 3 is 2.13 bits per heavy atom. The van der Waals surface area contributed by atoms with Crippen LogP contribution in [-0.4, -0.2) is 17.9 Å². The van der Waals surface area contributed by atoms with Gasteiger partial charge in [-0.25, -0.2) is 14.4 Å². The SMILES string of the molecule is Cc1ccc([C@H]2[C@@H]3C(=O)N(c4ccc(F)cc4)C(=O)[C@@H]3ON2c2ccccc2)cc1. The molecule has 2 aliphatic rings. The van der Waals surface area contributed by atoms with Crippen molar-refractivity contribution in [2.75, 3.05) is 9.96 Å². The van der Waals surface area contributed by atoms with E-state index in [-0.39, 0.29) is 5.91 Å². The minimum atomic E-state index is -0.936. The first-order valence-electron chi connectivity index (χ1n) is 9.75. The van der Waals surface area contributed by atoms with Crippen LogP contribution in [0.5, 0.6) is 0 Å². The van der Waals surface area contributed by atoms with E-state index >= 15 is 0 Å². The van der Waals surface area contributed by atoms with Gasteiger partial charge >= 0.3 is 0 Å². The van der Waals surface area contributed by atoms with Gasteiger partial charge in [0, 0.05) is 0 Å². The second-order valence-corrected chi connectivity index (χ2v) is 7.56. The molecule has 6 heteroatoms. The van der Waals surface area contributed by atoms with Crippen molar-refractivity contribution in [3.63, 3.8) is 0 Å². The fourth-order valence-corrected chi connectivity index (χ4v) is 4.16. The van der Waals surface area contributed by atoms with E-state index in [9.17, 15) is 14.0 Å². The average Bonchev–Trinajstić information content (AvgIpc) is 3.27. The van der Waals surface area contributed by atoms with Crippen molar-refractivity contribution in [1.82, 2.24) is 0 Å². The van der Waals surface area contributed by atoms with Crippen LogP contribution in [0.1, 0.15) is 17.2 Å². The minimum Gasteiger partial charge on any atom is -0.273 e. The number of halogens is 1. The van der Waals surface area contributed by atoms with Gasteiger partial charge in [0.1, 0.15) is 11.7 Å². The van der Waals surface area contributed by atoms with E-state index in [1.807, 2.05) is 61.5 Å². The lowest BCUT2D eigenvalue weighted by Crippen LogP contribution is -2.37. The van der Waals surface area contributed by atoms with E-state index in [0.717, 1.165) is 21.7 Å². The highest BCUT2D eigenvalue weighted by atomic mass is 19.1. The van der Waals surface area contributed by atoms with Gasteiger partial charge < -0.3 is 0 Å². The number of amides is 2. The minimum absolute atomic E-state index is 0.346. The number of nitrogens with zero attached hydrogens (tertiary/aromatic N) is 2. The lowest BCUT2D eigenvalue weighted by Gasteiger charge is -2.28. The molecule has 5 nitrogen and oxygen atoms in total. The highest BCUT2D eigenvalue weighted by molar-refractivity contribution is 6.23. The Balaban J connectivity index is 1.58. The Hall–Kier alpha value is -3.51. The number of rotatable bonds is 3. The maximum atomic E-state index is 13.4. The van der Waals surface area contributed by atoms with E-state index in [1.165, 1.54) is 24.3 Å². The Kier molecular flexibility index (Phi) is 4.37. The Morgan fingerprint density at radius 2 is 1.47 bits per heavy atom. The molecule has 2 amide bonds. The molecule has 2 aliphatic heterocycles. The first-order chi connectivity index (χ1) is 14.5. The quantitative estimate of drug-likeness (QED) is 0.617. The number of carbonyl (C=O) groups excluding carboxylic acids is 2. The summed E-state index contributed by atoms with van der Waals surface area (Å²) >= 11 is 0. The molecule has 30 heavy (non-hydrogen) atoms. The van der Waals surface area contributed by atoms with Gasteiger partial charge in [0.15, 0.2) is 6.10 Å². The van der Waals surface area contributed by atoms with Gasteiger partial charge in [0.25, 0.3) is 5.91 Å². The second kappa shape index (κ2) is 7.07. The van der Waals surface area contributed by atoms with E-state index < -0.39 is 29.8 Å². The van der Waals surface area contributed by atoms with Crippen LogP contribution < -0.4 is 9.96 Å². The van der Waals surface area contributed by atoms with Crippen LogP contribution in [0.2, 0.25) is 0 Å². The number of hydrogen-bond acceptors (Lipinski definition) is 4. The van der Waals surface area contributed by atoms with E-state index in [2.05, 4.69) is 0 Å². The molecule has 2 fully saturated rings. The van der Waals surface area contributed by atoms with Crippen LogP contribution in [0, 0.1) is 18.7 Å². The third kappa shape index (κ3) is 2.88. The summed E-state index contributed by atoms with van der Waals surface area (Å²) in [5.41, 5.74) is 3.10. The molecular weight excluding hydrogens is 383 g/mol. The largest absolute Gasteiger partial charge is 0.273 e. The van der Waals surface area contributed by atoms with Gasteiger partial charge in [-0.2, -0.15) is 0 Å². The number of para-hydroxylation sites is 1. The molecule has 0 radical (unpaired) electrons. The Morgan fingerprint density at radius 1 is 0.800 bits per heavy atom. The molecule has 0 saturated carbocycles. The number of aryl methyl sites for hydroxylation is 1. The molecule has 0 unspecified atom stereocenters. The summed E-state index contributed by atoms with van der Waals surface area (Å²) in [5.74, 6) is -1.92. The van der Waals surface area contributed by atoms with E-state index in [4.69, 9.17) is 4.84 Å². The van der Waals surface area contributed by atoms with E-state index in [0.29, 0.717) is 5.69 Å². The van der Waals surface area contributed by atoms with Crippen LogP contribution in [0.3, 0.4) is 0 Å². The summed E-state index contributed by atoms with van der Waals surface area (Å²) in [6.07, 6.45) is -0.936. The molecule has 150 valence electrons. The topological polar surface area (TPSA) is 49.9 Å². The number of imide groups is 1. The van der Waals surface area contributed by atoms with Gasteiger partial charge in [-0.15, -0.1) is 0 Å². The molecule has 0 bridgehead atoms. The Bertz CT molecular complexity index is 1100. The molecule has 2 heterocycles. The molecular formula is C24H19FN2O3. The lowest BCUT2D eigenvalue weighted by molar-refractivity contribution is -0.126. The zero-order valence-electron chi connectivity index (χ0n) is 16.2. The molecule has 0 spiro atoms. The maximum absolute atomic E-state index is 13.4. The van der Waals surface area contributed by atoms with Gasteiger partial charge in [0.2, 0.25) is 5.91 Å². The van der Waals surface area contributed by atoms with Gasteiger partial charge in [-0.3, -0.25) is 14.4 Å². The highest BCUT2D eigenvalue weighted by Crippen LogP contribution is 2.47. The summed E-state index contributed by atoms with van der Waals surface area (Å²) < 4.78 is 13.3. The van der Waals surface area contributed by atoms with Crippen molar-refractivity contribution in [1.29, 1.82) is 0 Å². The monoisotopic (exact) mass is 402 g/mol. The summed E-state index contributed by atoms with van der Waals surface area (Å²) in [6.45, 7) is 1.99. The summed E-state index contributed by atoms with van der Waals surface area (Å²) in [7, 11) is 0. The van der Waals surface area contributed by atoms with Crippen LogP contribution in [0.15, 0.2) is 78.9 Å². The van der Waals surface area contributed by atoms with Crippen molar-refractivity contribution in [2.24, 2.45) is 5.92 Å². The summed E-state index contributed by atoms with van der Waals surface area (Å²) in [6, 6.07) is 22.2. The third-order valence-electron chi connectivity index (χ3n) is 5.63. The van der Waals surface area contributed by atoms with Gasteiger partial charge in [0.05, 0.1) is 17.4 Å². The maximum Gasteiger partial charge on any atom is 0.266 e. The molecule has 0 N–H and O–H groups in total. The fourth-order valence-electron chi connectivity index (χ4n) is 4.16. The number of fused-ring (bicyclic) bond motifs is 1. The van der Waals surface area contributed by atoms with Crippen molar-refractivity contribution in [2.45, 2.75) is 19.1 Å². The molecule has 3 aromatic carbocycles. The number of anilines is 2. The standard InChI is InChI=1S/C24H19FN2O3/c1-15-7-9-16(10-8-15)21-20-22(30-27(21)19-5-3-2-4-6-19)24(29)26(23(20)28)18-13-11-17(25)12-14-18/h2-14,20-22H,1H3/t20-,21-,22+/m0/s1. The van der Waals surface area contributed by atoms with Gasteiger partial charge in [-0.1, -0.05) is 48.0 Å². The van der Waals surface area contributed by atoms with Crippen molar-refractivity contribution < 1.29 is 18.8 Å². The van der Waals surface area contributed by atoms with Crippen LogP contribution in [0.25, 0.3) is 0 Å². The zero-order valence-corrected chi connectivity index (χ0v) is 16.2. The highest BCUT2D eigenvalue weighted by Gasteiger charge is 2.60. The molecule has 2 saturated heterocycles. The predicted molar refractivity (Wildman–Crippen MR) is 110 cm³/mol. The van der Waals surface area contributed by atoms with Crippen LogP contribution >= 0.6 is 0 Å². The smallest absolute Gasteiger partial charge is 0.266 e. The second-order valence-electron chi connectivity index (χ2n) is 7.56. The summed E-state index contributed by atoms with van der Waals surface area (Å²) in [4.78, 5) is 33.7. The molecule has 5 rings (SSSR count).